The molecule has 0 heterocycles. The molecule has 4 heteroatoms. The Labute approximate surface area is 158 Å². The van der Waals surface area contributed by atoms with Crippen molar-refractivity contribution in [3.63, 3.8) is 0 Å². The molecule has 0 N–H and O–H groups in total. The van der Waals surface area contributed by atoms with Gasteiger partial charge in [0, 0.05) is 0 Å². The van der Waals surface area contributed by atoms with E-state index in [2.05, 4.69) is 66.8 Å². The van der Waals surface area contributed by atoms with Crippen LogP contribution in [0, 0.1) is 11.8 Å². The third-order valence-corrected chi connectivity index (χ3v) is 33.9. The fourth-order valence-corrected chi connectivity index (χ4v) is 35.9. The summed E-state index contributed by atoms with van der Waals surface area (Å²) in [5, 5.41) is 0. The van der Waals surface area contributed by atoms with Crippen molar-refractivity contribution in [1.82, 2.24) is 0 Å². The average molecular weight is 525 g/mol. The molecule has 0 saturated heterocycles. The summed E-state index contributed by atoms with van der Waals surface area (Å²) in [6, 6.07) is 0. The van der Waals surface area contributed by atoms with Crippen LogP contribution in [0.2, 0.25) is 13.1 Å². The molecule has 0 amide bonds. The minimum absolute atomic E-state index is 0. The molecule has 0 nitrogen and oxygen atoms in total. The van der Waals surface area contributed by atoms with Crippen LogP contribution in [0.5, 0.6) is 0 Å². The van der Waals surface area contributed by atoms with E-state index in [1.54, 1.807) is 22.3 Å². The Kier molecular flexibility index (Phi) is 8.89. The summed E-state index contributed by atoms with van der Waals surface area (Å²) >= 11 is -1.81. The third kappa shape index (κ3) is 3.99. The summed E-state index contributed by atoms with van der Waals surface area (Å²) < 4.78 is 3.89. The van der Waals surface area contributed by atoms with Crippen molar-refractivity contribution in [2.75, 3.05) is 0 Å². The SMILES string of the molecule is CC1=CC(C)[C]([Hf]([C]2=C(C)C(C)=CC2C)[SiH](C)C)=C1C.Cl.Cl. The summed E-state index contributed by atoms with van der Waals surface area (Å²) in [5.74, 6) is 0.876. The van der Waals surface area contributed by atoms with E-state index in [1.807, 2.05) is 6.66 Å². The van der Waals surface area contributed by atoms with E-state index in [0.717, 1.165) is 11.8 Å². The van der Waals surface area contributed by atoms with Crippen molar-refractivity contribution in [3.05, 3.63) is 41.1 Å². The molecule has 125 valence electrons. The fourth-order valence-electron chi connectivity index (χ4n) is 3.94. The van der Waals surface area contributed by atoms with Gasteiger partial charge in [0.25, 0.3) is 0 Å². The molecule has 0 fully saturated rings. The Morgan fingerprint density at radius 2 is 1.09 bits per heavy atom. The first-order valence-electron chi connectivity index (χ1n) is 7.92. The predicted octanol–water partition coefficient (Wildman–Crippen LogP) is 6.17. The van der Waals surface area contributed by atoms with Crippen LogP contribution in [0.1, 0.15) is 41.5 Å². The number of hydrogen-bond donors (Lipinski definition) is 0. The molecule has 2 rings (SSSR count). The quantitative estimate of drug-likeness (QED) is 0.387. The molecule has 0 spiro atoms. The first-order chi connectivity index (χ1) is 9.25. The first kappa shape index (κ1) is 22.6. The van der Waals surface area contributed by atoms with E-state index in [9.17, 15) is 0 Å². The molecule has 2 aliphatic rings. The molecule has 0 aromatic rings. The Morgan fingerprint density at radius 3 is 1.27 bits per heavy atom. The van der Waals surface area contributed by atoms with Crippen LogP contribution >= 0.6 is 24.8 Å². The van der Waals surface area contributed by atoms with E-state index in [1.165, 1.54) is 0 Å². The van der Waals surface area contributed by atoms with Crippen LogP contribution in [-0.4, -0.2) is 5.98 Å². The molecule has 0 saturated carbocycles. The van der Waals surface area contributed by atoms with Crippen molar-refractivity contribution in [1.29, 1.82) is 0 Å². The molecular weight excluding hydrogens is 494 g/mol. The zero-order valence-electron chi connectivity index (χ0n) is 15.2. The van der Waals surface area contributed by atoms with Gasteiger partial charge in [0.15, 0.2) is 0 Å². The normalized spacial score (nSPS) is 24.2. The maximum Gasteiger partial charge on any atom is -0.147 e. The number of hydrogen-bond acceptors (Lipinski definition) is 0. The van der Waals surface area contributed by atoms with Crippen LogP contribution in [0.3, 0.4) is 0 Å². The maximum absolute atomic E-state index is 2.61. The molecule has 0 aliphatic heterocycles. The summed E-state index contributed by atoms with van der Waals surface area (Å²) in [6.07, 6.45) is 5.03. The summed E-state index contributed by atoms with van der Waals surface area (Å²) in [4.78, 5) is 0. The molecule has 0 radical (unpaired) electrons. The van der Waals surface area contributed by atoms with Crippen LogP contribution in [0.25, 0.3) is 0 Å². The van der Waals surface area contributed by atoms with Gasteiger partial charge in [-0.05, 0) is 0 Å². The smallest absolute Gasteiger partial charge is 0.147 e. The second kappa shape index (κ2) is 8.64. The Hall–Kier alpha value is 0.627. The second-order valence-electron chi connectivity index (χ2n) is 6.92. The Balaban J connectivity index is 0.00000220. The molecule has 22 heavy (non-hydrogen) atoms. The largest absolute Gasteiger partial charge is 0.147 e. The molecule has 2 aliphatic carbocycles. The molecule has 0 bridgehead atoms. The predicted molar refractivity (Wildman–Crippen MR) is 105 cm³/mol. The number of rotatable bonds is 3. The summed E-state index contributed by atoms with van der Waals surface area (Å²) in [7, 11) is 0. The zero-order chi connectivity index (χ0) is 15.2. The molecule has 2 unspecified atom stereocenters. The first-order valence-corrected chi connectivity index (χ1v) is 20.6. The van der Waals surface area contributed by atoms with Crippen molar-refractivity contribution >= 4 is 30.8 Å². The van der Waals surface area contributed by atoms with Crippen LogP contribution in [-0.2, 0) is 20.6 Å². The van der Waals surface area contributed by atoms with E-state index in [4.69, 9.17) is 0 Å². The Bertz CT molecular complexity index is 509. The van der Waals surface area contributed by atoms with E-state index >= 15 is 0 Å². The van der Waals surface area contributed by atoms with E-state index < -0.39 is 26.6 Å². The van der Waals surface area contributed by atoms with Gasteiger partial charge < -0.3 is 0 Å². The van der Waals surface area contributed by atoms with Crippen LogP contribution < -0.4 is 0 Å². The number of allylic oxidation sites excluding steroid dienone is 8. The topological polar surface area (TPSA) is 0 Å². The van der Waals surface area contributed by atoms with Gasteiger partial charge in [-0.15, -0.1) is 24.8 Å². The maximum atomic E-state index is 2.61. The minimum atomic E-state index is -1.81. The third-order valence-electron chi connectivity index (χ3n) is 5.06. The van der Waals surface area contributed by atoms with E-state index in [0.29, 0.717) is 0 Å². The minimum Gasteiger partial charge on any atom is -0.147 e. The molecular formula is C18H31Cl2HfSi. The zero-order valence-corrected chi connectivity index (χ0v) is 21.6. The van der Waals surface area contributed by atoms with E-state index in [-0.39, 0.29) is 24.8 Å². The van der Waals surface area contributed by atoms with Gasteiger partial charge in [-0.25, -0.2) is 0 Å². The van der Waals surface area contributed by atoms with Gasteiger partial charge in [0.05, 0.1) is 0 Å². The average Bonchev–Trinajstić information content (AvgIpc) is 2.72. The van der Waals surface area contributed by atoms with Crippen molar-refractivity contribution in [3.8, 4) is 0 Å². The standard InChI is InChI=1S/2C8H11.C2H7Si.2ClH.Hf/c2*1-6-4-7(2)8(3)5-6;1-3-2;;;/h2*4,6H,1-3H3;3H,1-2H3;2*1H;. The van der Waals surface area contributed by atoms with Gasteiger partial charge in [-0.1, -0.05) is 0 Å². The van der Waals surface area contributed by atoms with Crippen molar-refractivity contribution in [2.45, 2.75) is 54.6 Å². The van der Waals surface area contributed by atoms with Gasteiger partial charge >= 0.3 is 134 Å². The van der Waals surface area contributed by atoms with Crippen LogP contribution in [0.4, 0.5) is 0 Å². The molecule has 2 atom stereocenters. The monoisotopic (exact) mass is 525 g/mol. The number of halogens is 2. The summed E-state index contributed by atoms with van der Waals surface area (Å²) in [6.45, 7) is 19.5. The van der Waals surface area contributed by atoms with Crippen molar-refractivity contribution in [2.24, 2.45) is 11.8 Å². The van der Waals surface area contributed by atoms with Gasteiger partial charge in [-0.3, -0.25) is 0 Å². The fraction of sp³-hybridized carbons (Fsp3) is 0.556. The molecule has 0 aromatic heterocycles. The van der Waals surface area contributed by atoms with Crippen molar-refractivity contribution < 1.29 is 20.6 Å². The van der Waals surface area contributed by atoms with Gasteiger partial charge in [-0.2, -0.15) is 0 Å². The van der Waals surface area contributed by atoms with Crippen LogP contribution in [0.15, 0.2) is 41.1 Å². The van der Waals surface area contributed by atoms with Gasteiger partial charge in [0.1, 0.15) is 0 Å². The van der Waals surface area contributed by atoms with Gasteiger partial charge in [0.2, 0.25) is 0 Å². The second-order valence-corrected chi connectivity index (χ2v) is 33.2. The Morgan fingerprint density at radius 1 is 0.773 bits per heavy atom. The molecule has 0 aromatic carbocycles. The summed E-state index contributed by atoms with van der Waals surface area (Å²) in [5.41, 5.74) is 6.44.